The van der Waals surface area contributed by atoms with E-state index in [0.29, 0.717) is 10.7 Å². The van der Waals surface area contributed by atoms with Crippen LogP contribution >= 0.6 is 11.3 Å². The molecule has 4 rings (SSSR count). The molecule has 2 aromatic carbocycles. The molecule has 0 saturated carbocycles. The van der Waals surface area contributed by atoms with Crippen LogP contribution in [0.2, 0.25) is 0 Å². The zero-order chi connectivity index (χ0) is 24.2. The number of hydrogen-bond acceptors (Lipinski definition) is 8. The van der Waals surface area contributed by atoms with E-state index in [1.165, 1.54) is 42.9 Å². The number of amides is 1. The van der Waals surface area contributed by atoms with Gasteiger partial charge in [0.2, 0.25) is 5.76 Å². The summed E-state index contributed by atoms with van der Waals surface area (Å²) in [5, 5.41) is 12.6. The van der Waals surface area contributed by atoms with Crippen LogP contribution < -0.4 is 14.8 Å². The SMILES string of the molecule is COc1cc(/C=C(\C#N)C(=O)Nc2nc3cc(C)c(C)cc3s2)ccc1OC(=O)c1ccco1. The number of carbonyl (C=O) groups is 2. The summed E-state index contributed by atoms with van der Waals surface area (Å²) in [6.07, 6.45) is 2.78. The Labute approximate surface area is 199 Å². The van der Waals surface area contributed by atoms with Gasteiger partial charge in [0.15, 0.2) is 16.6 Å². The second kappa shape index (κ2) is 9.60. The quantitative estimate of drug-likeness (QED) is 0.175. The molecule has 0 saturated heterocycles. The molecule has 0 unspecified atom stereocenters. The monoisotopic (exact) mass is 473 g/mol. The van der Waals surface area contributed by atoms with E-state index in [-0.39, 0.29) is 22.8 Å². The van der Waals surface area contributed by atoms with Crippen LogP contribution in [0.1, 0.15) is 27.2 Å². The molecule has 0 bridgehead atoms. The minimum Gasteiger partial charge on any atom is -0.493 e. The number of methoxy groups -OCH3 is 1. The maximum Gasteiger partial charge on any atom is 0.379 e. The zero-order valence-electron chi connectivity index (χ0n) is 18.5. The Hall–Kier alpha value is -4.42. The summed E-state index contributed by atoms with van der Waals surface area (Å²) in [7, 11) is 1.42. The third-order valence-corrected chi connectivity index (χ3v) is 5.95. The van der Waals surface area contributed by atoms with E-state index < -0.39 is 11.9 Å². The van der Waals surface area contributed by atoms with Crippen LogP contribution in [0.5, 0.6) is 11.5 Å². The lowest BCUT2D eigenvalue weighted by molar-refractivity contribution is -0.112. The highest BCUT2D eigenvalue weighted by Crippen LogP contribution is 2.31. The molecular weight excluding hydrogens is 454 g/mol. The van der Waals surface area contributed by atoms with Crippen molar-refractivity contribution in [1.82, 2.24) is 4.98 Å². The van der Waals surface area contributed by atoms with Crippen molar-refractivity contribution in [3.63, 3.8) is 0 Å². The number of anilines is 1. The summed E-state index contributed by atoms with van der Waals surface area (Å²) >= 11 is 1.34. The lowest BCUT2D eigenvalue weighted by Crippen LogP contribution is -2.13. The molecule has 4 aromatic rings. The number of furan rings is 1. The summed E-state index contributed by atoms with van der Waals surface area (Å²) in [4.78, 5) is 29.3. The van der Waals surface area contributed by atoms with Crippen LogP contribution in [0.3, 0.4) is 0 Å². The normalized spacial score (nSPS) is 11.2. The number of thiazole rings is 1. The molecule has 34 heavy (non-hydrogen) atoms. The summed E-state index contributed by atoms with van der Waals surface area (Å²) in [5.41, 5.74) is 3.43. The molecule has 0 aliphatic carbocycles. The van der Waals surface area contributed by atoms with Gasteiger partial charge in [-0.1, -0.05) is 17.4 Å². The second-order valence-electron chi connectivity index (χ2n) is 7.32. The van der Waals surface area contributed by atoms with E-state index in [1.54, 1.807) is 18.2 Å². The van der Waals surface area contributed by atoms with E-state index in [1.807, 2.05) is 32.0 Å². The molecular formula is C25H19N3O5S. The van der Waals surface area contributed by atoms with Crippen LogP contribution in [0.25, 0.3) is 16.3 Å². The highest BCUT2D eigenvalue weighted by Gasteiger charge is 2.17. The minimum absolute atomic E-state index is 0.0506. The number of aryl methyl sites for hydroxylation is 2. The van der Waals surface area contributed by atoms with Gasteiger partial charge in [0.05, 0.1) is 23.6 Å². The summed E-state index contributed by atoms with van der Waals surface area (Å²) in [6.45, 7) is 4.02. The molecule has 0 spiro atoms. The molecule has 0 radical (unpaired) electrons. The van der Waals surface area contributed by atoms with Crippen molar-refractivity contribution < 1.29 is 23.5 Å². The molecule has 0 atom stereocenters. The zero-order valence-corrected chi connectivity index (χ0v) is 19.4. The Morgan fingerprint density at radius 2 is 1.94 bits per heavy atom. The number of fused-ring (bicyclic) bond motifs is 1. The molecule has 0 aliphatic heterocycles. The average Bonchev–Trinajstić information content (AvgIpc) is 3.48. The van der Waals surface area contributed by atoms with Crippen molar-refractivity contribution in [1.29, 1.82) is 5.26 Å². The summed E-state index contributed by atoms with van der Waals surface area (Å²) in [6, 6.07) is 13.6. The molecule has 0 fully saturated rings. The fourth-order valence-electron chi connectivity index (χ4n) is 3.12. The molecule has 9 heteroatoms. The first-order chi connectivity index (χ1) is 16.4. The van der Waals surface area contributed by atoms with Gasteiger partial charge in [0.25, 0.3) is 5.91 Å². The van der Waals surface area contributed by atoms with E-state index in [0.717, 1.165) is 21.3 Å². The van der Waals surface area contributed by atoms with Crippen LogP contribution in [0.4, 0.5) is 5.13 Å². The molecule has 2 aromatic heterocycles. The number of rotatable bonds is 6. The minimum atomic E-state index is -0.676. The largest absolute Gasteiger partial charge is 0.493 e. The van der Waals surface area contributed by atoms with Gasteiger partial charge in [-0.05, 0) is 73.0 Å². The highest BCUT2D eigenvalue weighted by atomic mass is 32.1. The smallest absolute Gasteiger partial charge is 0.379 e. The lowest BCUT2D eigenvalue weighted by atomic mass is 10.1. The number of nitriles is 1. The van der Waals surface area contributed by atoms with E-state index in [2.05, 4.69) is 10.3 Å². The Kier molecular flexibility index (Phi) is 6.43. The van der Waals surface area contributed by atoms with Crippen molar-refractivity contribution in [3.05, 3.63) is 76.8 Å². The molecule has 1 N–H and O–H groups in total. The number of esters is 1. The van der Waals surface area contributed by atoms with Crippen molar-refractivity contribution in [2.45, 2.75) is 13.8 Å². The van der Waals surface area contributed by atoms with Crippen LogP contribution in [0.15, 0.2) is 58.7 Å². The van der Waals surface area contributed by atoms with Gasteiger partial charge in [-0.3, -0.25) is 10.1 Å². The van der Waals surface area contributed by atoms with Gasteiger partial charge in [-0.2, -0.15) is 5.26 Å². The molecule has 0 aliphatic rings. The molecule has 1 amide bonds. The highest BCUT2D eigenvalue weighted by molar-refractivity contribution is 7.22. The van der Waals surface area contributed by atoms with E-state index in [9.17, 15) is 14.9 Å². The maximum absolute atomic E-state index is 12.7. The second-order valence-corrected chi connectivity index (χ2v) is 8.35. The Morgan fingerprint density at radius 3 is 2.65 bits per heavy atom. The van der Waals surface area contributed by atoms with Gasteiger partial charge in [-0.15, -0.1) is 0 Å². The van der Waals surface area contributed by atoms with Crippen LogP contribution in [-0.4, -0.2) is 24.0 Å². The van der Waals surface area contributed by atoms with Crippen molar-refractivity contribution in [3.8, 4) is 17.6 Å². The Bertz CT molecular complexity index is 1420. The first-order valence-corrected chi connectivity index (χ1v) is 10.9. The van der Waals surface area contributed by atoms with Crippen molar-refractivity contribution in [2.75, 3.05) is 12.4 Å². The standard InChI is InChI=1S/C25H19N3O5S/c1-14-9-18-22(10-15(14)2)34-25(27-18)28-23(29)17(13-26)11-16-6-7-19(21(12-16)31-3)33-24(30)20-5-4-8-32-20/h4-12H,1-3H3,(H,27,28,29)/b17-11+. The topological polar surface area (TPSA) is 114 Å². The molecule has 8 nitrogen and oxygen atoms in total. The summed E-state index contributed by atoms with van der Waals surface area (Å²) < 4.78 is 16.6. The third-order valence-electron chi connectivity index (χ3n) is 5.01. The average molecular weight is 474 g/mol. The summed E-state index contributed by atoms with van der Waals surface area (Å²) in [5.74, 6) is -0.783. The molecule has 2 heterocycles. The first-order valence-electron chi connectivity index (χ1n) is 10.1. The third kappa shape index (κ3) is 4.82. The van der Waals surface area contributed by atoms with Gasteiger partial charge in [0.1, 0.15) is 11.6 Å². The number of hydrogen-bond donors (Lipinski definition) is 1. The Balaban J connectivity index is 1.53. The van der Waals surface area contributed by atoms with Crippen molar-refractivity contribution >= 4 is 44.6 Å². The van der Waals surface area contributed by atoms with Crippen LogP contribution in [0, 0.1) is 25.2 Å². The predicted octanol–water partition coefficient (Wildman–Crippen LogP) is 5.28. The number of nitrogens with zero attached hydrogens (tertiary/aromatic N) is 2. The van der Waals surface area contributed by atoms with Gasteiger partial charge < -0.3 is 13.9 Å². The van der Waals surface area contributed by atoms with E-state index >= 15 is 0 Å². The number of carbonyl (C=O) groups excluding carboxylic acids is 2. The fourth-order valence-corrected chi connectivity index (χ4v) is 4.06. The van der Waals surface area contributed by atoms with Gasteiger partial charge in [0, 0.05) is 0 Å². The fraction of sp³-hybridized carbons (Fsp3) is 0.120. The maximum atomic E-state index is 12.7. The van der Waals surface area contributed by atoms with Crippen LogP contribution in [-0.2, 0) is 4.79 Å². The molecule has 170 valence electrons. The first kappa shape index (κ1) is 22.8. The number of aromatic nitrogens is 1. The predicted molar refractivity (Wildman–Crippen MR) is 128 cm³/mol. The van der Waals surface area contributed by atoms with Gasteiger partial charge in [-0.25, -0.2) is 9.78 Å². The number of nitrogens with one attached hydrogen (secondary N) is 1. The van der Waals surface area contributed by atoms with Gasteiger partial charge >= 0.3 is 5.97 Å². The number of benzene rings is 2. The van der Waals surface area contributed by atoms with E-state index in [4.69, 9.17) is 13.9 Å². The van der Waals surface area contributed by atoms with Crippen molar-refractivity contribution in [2.24, 2.45) is 0 Å². The lowest BCUT2D eigenvalue weighted by Gasteiger charge is -2.09. The Morgan fingerprint density at radius 1 is 1.15 bits per heavy atom. The number of ether oxygens (including phenoxy) is 2.